The van der Waals surface area contributed by atoms with Gasteiger partial charge < -0.3 is 15.0 Å². The lowest BCUT2D eigenvalue weighted by Crippen LogP contribution is -2.34. The Labute approximate surface area is 157 Å². The number of piperidine rings is 1. The van der Waals surface area contributed by atoms with E-state index < -0.39 is 0 Å². The lowest BCUT2D eigenvalue weighted by Gasteiger charge is -2.23. The van der Waals surface area contributed by atoms with Gasteiger partial charge >= 0.3 is 0 Å². The number of phenols is 1. The summed E-state index contributed by atoms with van der Waals surface area (Å²) >= 11 is 0. The number of nitrogens with zero attached hydrogens (tertiary/aromatic N) is 4. The van der Waals surface area contributed by atoms with Crippen LogP contribution in [0.2, 0.25) is 0 Å². The van der Waals surface area contributed by atoms with Gasteiger partial charge in [0.05, 0.1) is 35.8 Å². The number of aromatic nitrogens is 4. The number of benzene rings is 1. The van der Waals surface area contributed by atoms with E-state index in [4.69, 9.17) is 0 Å². The van der Waals surface area contributed by atoms with Crippen LogP contribution in [-0.2, 0) is 0 Å². The molecule has 6 heteroatoms. The molecule has 5 rings (SSSR count). The third-order valence-electron chi connectivity index (χ3n) is 5.44. The van der Waals surface area contributed by atoms with E-state index in [-0.39, 0.29) is 5.75 Å². The SMILES string of the molecule is Oc1cc(-n2ccnc2)ccc1-c1cnc(C=C2C[C@H]3CC[C@@H](C2)N3)cn1. The molecule has 27 heavy (non-hydrogen) atoms. The summed E-state index contributed by atoms with van der Waals surface area (Å²) in [6, 6.07) is 6.76. The van der Waals surface area contributed by atoms with Crippen LogP contribution in [-0.4, -0.2) is 36.7 Å². The molecule has 3 aromatic rings. The number of rotatable bonds is 3. The summed E-state index contributed by atoms with van der Waals surface area (Å²) in [5.74, 6) is 0.177. The molecule has 6 nitrogen and oxygen atoms in total. The first-order valence-electron chi connectivity index (χ1n) is 9.34. The van der Waals surface area contributed by atoms with E-state index in [1.54, 1.807) is 31.0 Å². The number of phenolic OH excluding ortho intramolecular Hbond substituents is 1. The Morgan fingerprint density at radius 2 is 1.96 bits per heavy atom. The van der Waals surface area contributed by atoms with Crippen LogP contribution in [0.4, 0.5) is 0 Å². The Morgan fingerprint density at radius 1 is 1.11 bits per heavy atom. The Hall–Kier alpha value is -2.99. The predicted octanol–water partition coefficient (Wildman–Crippen LogP) is 3.33. The van der Waals surface area contributed by atoms with Gasteiger partial charge in [-0.2, -0.15) is 0 Å². The maximum absolute atomic E-state index is 10.4. The standard InChI is InChI=1S/C21H21N5O/c27-21-10-18(26-6-5-22-13-26)3-4-19(21)20-12-23-17(11-24-20)9-14-7-15-1-2-16(8-14)25-15/h3-6,9-13,15-16,25,27H,1-2,7-8H2/t15-,16+. The second kappa shape index (κ2) is 6.63. The lowest BCUT2D eigenvalue weighted by atomic mass is 9.98. The van der Waals surface area contributed by atoms with Gasteiger partial charge in [0, 0.05) is 36.1 Å². The van der Waals surface area contributed by atoms with Crippen LogP contribution in [0, 0.1) is 0 Å². The van der Waals surface area contributed by atoms with E-state index in [9.17, 15) is 5.11 Å². The highest BCUT2D eigenvalue weighted by molar-refractivity contribution is 5.68. The van der Waals surface area contributed by atoms with Gasteiger partial charge in [0.1, 0.15) is 5.75 Å². The van der Waals surface area contributed by atoms with Gasteiger partial charge in [0.25, 0.3) is 0 Å². The van der Waals surface area contributed by atoms with E-state index in [0.717, 1.165) is 24.2 Å². The third-order valence-corrected chi connectivity index (χ3v) is 5.44. The van der Waals surface area contributed by atoms with Crippen molar-refractivity contribution in [3.05, 3.63) is 60.6 Å². The van der Waals surface area contributed by atoms with Crippen molar-refractivity contribution in [3.8, 4) is 22.7 Å². The second-order valence-electron chi connectivity index (χ2n) is 7.35. The van der Waals surface area contributed by atoms with Crippen molar-refractivity contribution in [3.63, 3.8) is 0 Å². The van der Waals surface area contributed by atoms with Gasteiger partial charge in [0.2, 0.25) is 0 Å². The summed E-state index contributed by atoms with van der Waals surface area (Å²) in [5, 5.41) is 14.1. The summed E-state index contributed by atoms with van der Waals surface area (Å²) in [4.78, 5) is 13.1. The minimum Gasteiger partial charge on any atom is -0.507 e. The van der Waals surface area contributed by atoms with Gasteiger partial charge in [-0.25, -0.2) is 4.98 Å². The number of hydrogen-bond acceptors (Lipinski definition) is 5. The lowest BCUT2D eigenvalue weighted by molar-refractivity contribution is 0.476. The van der Waals surface area contributed by atoms with Crippen LogP contribution in [0.3, 0.4) is 0 Å². The average Bonchev–Trinajstić information content (AvgIpc) is 3.32. The van der Waals surface area contributed by atoms with E-state index in [0.29, 0.717) is 23.3 Å². The summed E-state index contributed by atoms with van der Waals surface area (Å²) in [7, 11) is 0. The molecule has 2 saturated heterocycles. The minimum atomic E-state index is 0.177. The molecule has 0 radical (unpaired) electrons. The topological polar surface area (TPSA) is 75.9 Å². The molecule has 2 fully saturated rings. The number of hydrogen-bond donors (Lipinski definition) is 2. The summed E-state index contributed by atoms with van der Waals surface area (Å²) in [5.41, 5.74) is 4.52. The quantitative estimate of drug-likeness (QED) is 0.750. The molecule has 2 atom stereocenters. The van der Waals surface area contributed by atoms with Crippen LogP contribution in [0.1, 0.15) is 31.4 Å². The van der Waals surface area contributed by atoms with Gasteiger partial charge in [-0.1, -0.05) is 5.57 Å². The molecule has 0 unspecified atom stereocenters. The minimum absolute atomic E-state index is 0.177. The van der Waals surface area contributed by atoms with Crippen molar-refractivity contribution < 1.29 is 5.11 Å². The smallest absolute Gasteiger partial charge is 0.127 e. The van der Waals surface area contributed by atoms with Gasteiger partial charge in [-0.05, 0) is 43.9 Å². The van der Waals surface area contributed by atoms with E-state index in [2.05, 4.69) is 26.3 Å². The number of fused-ring (bicyclic) bond motifs is 2. The molecule has 1 aromatic carbocycles. The van der Waals surface area contributed by atoms with Crippen molar-refractivity contribution in [2.45, 2.75) is 37.8 Å². The molecule has 0 aliphatic carbocycles. The van der Waals surface area contributed by atoms with Crippen LogP contribution in [0.15, 0.2) is 54.9 Å². The third kappa shape index (κ3) is 3.24. The fourth-order valence-electron chi connectivity index (χ4n) is 4.13. The molecule has 2 aromatic heterocycles. The zero-order chi connectivity index (χ0) is 18.2. The van der Waals surface area contributed by atoms with Crippen molar-refractivity contribution in [1.82, 2.24) is 24.8 Å². The second-order valence-corrected chi connectivity index (χ2v) is 7.35. The largest absolute Gasteiger partial charge is 0.507 e. The summed E-state index contributed by atoms with van der Waals surface area (Å²) < 4.78 is 1.84. The summed E-state index contributed by atoms with van der Waals surface area (Å²) in [6.07, 6.45) is 15.7. The molecule has 2 aliphatic heterocycles. The van der Waals surface area contributed by atoms with Crippen LogP contribution in [0.5, 0.6) is 5.75 Å². The van der Waals surface area contributed by atoms with E-state index in [1.165, 1.54) is 18.4 Å². The Bertz CT molecular complexity index is 964. The Morgan fingerprint density at radius 3 is 2.63 bits per heavy atom. The van der Waals surface area contributed by atoms with E-state index in [1.807, 2.05) is 22.9 Å². The highest BCUT2D eigenvalue weighted by Gasteiger charge is 2.30. The normalized spacial score (nSPS) is 23.0. The first kappa shape index (κ1) is 16.2. The zero-order valence-electron chi connectivity index (χ0n) is 14.9. The summed E-state index contributed by atoms with van der Waals surface area (Å²) in [6.45, 7) is 0. The monoisotopic (exact) mass is 359 g/mol. The predicted molar refractivity (Wildman–Crippen MR) is 103 cm³/mol. The fourth-order valence-corrected chi connectivity index (χ4v) is 4.13. The van der Waals surface area contributed by atoms with Crippen molar-refractivity contribution in [1.29, 1.82) is 0 Å². The number of imidazole rings is 1. The number of aromatic hydroxyl groups is 1. The van der Waals surface area contributed by atoms with Crippen molar-refractivity contribution in [2.24, 2.45) is 0 Å². The molecule has 4 heterocycles. The van der Waals surface area contributed by atoms with Crippen LogP contribution < -0.4 is 5.32 Å². The molecule has 0 amide bonds. The maximum Gasteiger partial charge on any atom is 0.127 e. The maximum atomic E-state index is 10.4. The molecule has 0 saturated carbocycles. The first-order valence-corrected chi connectivity index (χ1v) is 9.34. The Kier molecular flexibility index (Phi) is 3.98. The van der Waals surface area contributed by atoms with E-state index >= 15 is 0 Å². The fraction of sp³-hybridized carbons (Fsp3) is 0.286. The zero-order valence-corrected chi connectivity index (χ0v) is 14.9. The van der Waals surface area contributed by atoms with Crippen LogP contribution >= 0.6 is 0 Å². The first-order chi connectivity index (χ1) is 13.2. The molecule has 2 aliphatic rings. The molecule has 2 N–H and O–H groups in total. The molecular formula is C21H21N5O. The number of nitrogens with one attached hydrogen (secondary N) is 1. The molecule has 136 valence electrons. The highest BCUT2D eigenvalue weighted by Crippen LogP contribution is 2.32. The van der Waals surface area contributed by atoms with Gasteiger partial charge in [-0.3, -0.25) is 9.97 Å². The molecule has 0 spiro atoms. The van der Waals surface area contributed by atoms with Crippen molar-refractivity contribution in [2.75, 3.05) is 0 Å². The van der Waals surface area contributed by atoms with Gasteiger partial charge in [0.15, 0.2) is 0 Å². The van der Waals surface area contributed by atoms with Crippen LogP contribution in [0.25, 0.3) is 23.0 Å². The molecular weight excluding hydrogens is 338 g/mol. The molecule has 2 bridgehead atoms. The Balaban J connectivity index is 1.37. The van der Waals surface area contributed by atoms with Crippen molar-refractivity contribution >= 4 is 6.08 Å². The average molecular weight is 359 g/mol. The van der Waals surface area contributed by atoms with Gasteiger partial charge in [-0.15, -0.1) is 0 Å². The highest BCUT2D eigenvalue weighted by atomic mass is 16.3.